The van der Waals surface area contributed by atoms with Gasteiger partial charge >= 0.3 is 11.9 Å². The van der Waals surface area contributed by atoms with E-state index >= 15 is 0 Å². The van der Waals surface area contributed by atoms with E-state index in [1.165, 1.54) is 31.2 Å². The van der Waals surface area contributed by atoms with Gasteiger partial charge in [0.05, 0.1) is 25.6 Å². The largest absolute Gasteiger partial charge is 0.468 e. The third-order valence-corrected chi connectivity index (χ3v) is 4.07. The Morgan fingerprint density at radius 1 is 1.18 bits per heavy atom. The quantitative estimate of drug-likeness (QED) is 0.249. The minimum Gasteiger partial charge on any atom is -0.468 e. The van der Waals surface area contributed by atoms with Gasteiger partial charge in [0.25, 0.3) is 5.69 Å². The van der Waals surface area contributed by atoms with Crippen LogP contribution < -0.4 is 11.1 Å². The lowest BCUT2D eigenvalue weighted by atomic mass is 9.86. The van der Waals surface area contributed by atoms with Gasteiger partial charge < -0.3 is 20.5 Å². The number of rotatable bonds is 9. The third-order valence-electron chi connectivity index (χ3n) is 4.07. The summed E-state index contributed by atoms with van der Waals surface area (Å²) in [5.74, 6) is -6.09. The summed E-state index contributed by atoms with van der Waals surface area (Å²) in [7, 11) is 2.12. The van der Waals surface area contributed by atoms with Crippen molar-refractivity contribution in [1.82, 2.24) is 5.32 Å². The van der Waals surface area contributed by atoms with Crippen molar-refractivity contribution in [3.63, 3.8) is 0 Å². The average Bonchev–Trinajstić information content (AvgIpc) is 2.65. The Balaban J connectivity index is 2.99. The van der Waals surface area contributed by atoms with Crippen molar-refractivity contribution in [3.05, 3.63) is 39.9 Å². The number of methoxy groups -OCH3 is 2. The van der Waals surface area contributed by atoms with Crippen LogP contribution in [0.1, 0.15) is 12.5 Å². The fourth-order valence-corrected chi connectivity index (χ4v) is 2.62. The summed E-state index contributed by atoms with van der Waals surface area (Å²) in [5, 5.41) is 13.2. The van der Waals surface area contributed by atoms with Crippen LogP contribution >= 0.6 is 0 Å². The monoisotopic (exact) mass is 395 g/mol. The highest BCUT2D eigenvalue weighted by Crippen LogP contribution is 2.20. The van der Waals surface area contributed by atoms with E-state index in [0.29, 0.717) is 5.56 Å². The van der Waals surface area contributed by atoms with Gasteiger partial charge in [0.1, 0.15) is 6.04 Å². The van der Waals surface area contributed by atoms with Crippen molar-refractivity contribution in [3.8, 4) is 0 Å². The van der Waals surface area contributed by atoms with E-state index in [4.69, 9.17) is 5.73 Å². The Bertz CT molecular complexity index is 763. The molecule has 0 fully saturated rings. The molecule has 0 heterocycles. The van der Waals surface area contributed by atoms with Gasteiger partial charge in [0, 0.05) is 18.1 Å². The van der Waals surface area contributed by atoms with E-state index in [1.807, 2.05) is 0 Å². The maximum absolute atomic E-state index is 12.3. The normalized spacial score (nSPS) is 12.6. The molecule has 0 aliphatic carbocycles. The molecule has 11 nitrogen and oxygen atoms in total. The number of nitrogens with two attached hydrogens (primary N) is 1. The number of amides is 2. The molecule has 11 heteroatoms. The molecule has 3 N–H and O–H groups in total. The van der Waals surface area contributed by atoms with Gasteiger partial charge in [-0.1, -0.05) is 19.1 Å². The number of ether oxygens (including phenoxy) is 2. The Labute approximate surface area is 160 Å². The van der Waals surface area contributed by atoms with Crippen molar-refractivity contribution in [2.24, 2.45) is 17.6 Å². The van der Waals surface area contributed by atoms with Crippen LogP contribution in [0.15, 0.2) is 24.3 Å². The summed E-state index contributed by atoms with van der Waals surface area (Å²) in [6.07, 6.45) is -0.278. The fraction of sp³-hybridized carbons (Fsp3) is 0.412. The summed E-state index contributed by atoms with van der Waals surface area (Å²) >= 11 is 0. The maximum atomic E-state index is 12.3. The first kappa shape index (κ1) is 22.5. The highest BCUT2D eigenvalue weighted by Gasteiger charge is 2.41. The molecular weight excluding hydrogens is 374 g/mol. The summed E-state index contributed by atoms with van der Waals surface area (Å²) < 4.78 is 9.11. The number of nitrogens with one attached hydrogen (secondary N) is 1. The topological polar surface area (TPSA) is 168 Å². The number of hydrogen-bond acceptors (Lipinski definition) is 8. The lowest BCUT2D eigenvalue weighted by Crippen LogP contribution is -2.53. The number of nitro groups is 1. The number of primary amides is 1. The van der Waals surface area contributed by atoms with Crippen LogP contribution in [0.2, 0.25) is 0 Å². The standard InChI is InChI=1S/C17H21N3O8/c1-9(13(16(23)27-2)17(24)28-3)14(15(18)22)19-12(21)8-10-5-4-6-11(7-10)20(25)26/h4-7,9,13-14H,8H2,1-3H3,(H2,18,22)(H,19,21)/t9-,14+/m1/s1. The summed E-state index contributed by atoms with van der Waals surface area (Å²) in [6, 6.07) is 4.02. The molecule has 0 aliphatic heterocycles. The number of hydrogen-bond donors (Lipinski definition) is 2. The number of carbonyl (C=O) groups excluding carboxylic acids is 4. The second-order valence-corrected chi connectivity index (χ2v) is 5.93. The minimum atomic E-state index is -1.48. The molecule has 0 spiro atoms. The van der Waals surface area contributed by atoms with Gasteiger partial charge in [-0.3, -0.25) is 29.3 Å². The smallest absolute Gasteiger partial charge is 0.320 e. The number of carbonyl (C=O) groups is 4. The zero-order valence-corrected chi connectivity index (χ0v) is 15.5. The second-order valence-electron chi connectivity index (χ2n) is 5.93. The summed E-state index contributed by atoms with van der Waals surface area (Å²) in [5.41, 5.74) is 5.46. The molecule has 0 unspecified atom stereocenters. The zero-order chi connectivity index (χ0) is 21.4. The van der Waals surface area contributed by atoms with E-state index < -0.39 is 46.6 Å². The van der Waals surface area contributed by atoms with Crippen molar-refractivity contribution in [2.45, 2.75) is 19.4 Å². The number of nitrogens with zero attached hydrogens (tertiary/aromatic N) is 1. The zero-order valence-electron chi connectivity index (χ0n) is 15.5. The molecule has 0 aromatic heterocycles. The van der Waals surface area contributed by atoms with Crippen molar-refractivity contribution < 1.29 is 33.6 Å². The molecule has 0 saturated carbocycles. The Morgan fingerprint density at radius 2 is 1.75 bits per heavy atom. The van der Waals surface area contributed by atoms with Crippen LogP contribution in [-0.2, 0) is 35.1 Å². The summed E-state index contributed by atoms with van der Waals surface area (Å²) in [4.78, 5) is 58.1. The van der Waals surface area contributed by atoms with Crippen LogP contribution in [0.25, 0.3) is 0 Å². The number of nitro benzene ring substituents is 1. The molecular formula is C17H21N3O8. The fourth-order valence-electron chi connectivity index (χ4n) is 2.62. The van der Waals surface area contributed by atoms with E-state index in [0.717, 1.165) is 14.2 Å². The van der Waals surface area contributed by atoms with Gasteiger partial charge in [0.15, 0.2) is 5.92 Å². The highest BCUT2D eigenvalue weighted by molar-refractivity contribution is 5.97. The predicted molar refractivity (Wildman–Crippen MR) is 94.6 cm³/mol. The molecule has 0 aliphatic rings. The molecule has 152 valence electrons. The first-order valence-corrected chi connectivity index (χ1v) is 8.10. The lowest BCUT2D eigenvalue weighted by molar-refractivity contribution is -0.384. The maximum Gasteiger partial charge on any atom is 0.320 e. The average molecular weight is 395 g/mol. The molecule has 0 radical (unpaired) electrons. The highest BCUT2D eigenvalue weighted by atomic mass is 16.6. The van der Waals surface area contributed by atoms with Crippen LogP contribution in [0.5, 0.6) is 0 Å². The Kier molecular flexibility index (Phi) is 8.05. The number of esters is 2. The number of non-ortho nitro benzene ring substituents is 1. The first-order valence-electron chi connectivity index (χ1n) is 8.10. The molecule has 1 aromatic carbocycles. The van der Waals surface area contributed by atoms with Crippen LogP contribution in [0.4, 0.5) is 5.69 Å². The molecule has 1 aromatic rings. The SMILES string of the molecule is COC(=O)C(C(=O)OC)[C@@H](C)[C@H](NC(=O)Cc1cccc([N+](=O)[O-])c1)C(N)=O. The van der Waals surface area contributed by atoms with Crippen LogP contribution in [0, 0.1) is 22.0 Å². The van der Waals surface area contributed by atoms with Gasteiger partial charge in [-0.2, -0.15) is 0 Å². The van der Waals surface area contributed by atoms with Crippen LogP contribution in [-0.4, -0.2) is 48.9 Å². The predicted octanol–water partition coefficient (Wildman–Crippen LogP) is -0.294. The molecule has 1 rings (SSSR count). The van der Waals surface area contributed by atoms with E-state index in [-0.39, 0.29) is 12.1 Å². The van der Waals surface area contributed by atoms with E-state index in [1.54, 1.807) is 0 Å². The molecule has 0 bridgehead atoms. The van der Waals surface area contributed by atoms with Gasteiger partial charge in [0.2, 0.25) is 11.8 Å². The van der Waals surface area contributed by atoms with Crippen molar-refractivity contribution in [2.75, 3.05) is 14.2 Å². The molecule has 2 atom stereocenters. The Hall–Kier alpha value is -3.50. The molecule has 0 saturated heterocycles. The minimum absolute atomic E-state index is 0.193. The first-order chi connectivity index (χ1) is 13.1. The third kappa shape index (κ3) is 5.76. The van der Waals surface area contributed by atoms with Gasteiger partial charge in [-0.25, -0.2) is 0 Å². The molecule has 28 heavy (non-hydrogen) atoms. The van der Waals surface area contributed by atoms with Crippen molar-refractivity contribution in [1.29, 1.82) is 0 Å². The Morgan fingerprint density at radius 3 is 2.21 bits per heavy atom. The van der Waals surface area contributed by atoms with E-state index in [2.05, 4.69) is 14.8 Å². The lowest BCUT2D eigenvalue weighted by Gasteiger charge is -2.26. The van der Waals surface area contributed by atoms with Crippen molar-refractivity contribution >= 4 is 29.4 Å². The van der Waals surface area contributed by atoms with Gasteiger partial charge in [-0.15, -0.1) is 0 Å². The second kappa shape index (κ2) is 10.00. The number of benzene rings is 1. The summed E-state index contributed by atoms with van der Waals surface area (Å²) in [6.45, 7) is 1.36. The van der Waals surface area contributed by atoms with Crippen LogP contribution in [0.3, 0.4) is 0 Å². The van der Waals surface area contributed by atoms with Gasteiger partial charge in [-0.05, 0) is 5.56 Å². The van der Waals surface area contributed by atoms with E-state index in [9.17, 15) is 29.3 Å². The molecule has 2 amide bonds.